The molecule has 4 aliphatic rings. The monoisotopic (exact) mass is 524 g/mol. The van der Waals surface area contributed by atoms with Crippen LogP contribution in [0, 0.1) is 17.8 Å². The van der Waals surface area contributed by atoms with Crippen LogP contribution in [-0.4, -0.2) is 78.4 Å². The number of rotatable bonds is 5. The minimum Gasteiger partial charge on any atom is -0.497 e. The Morgan fingerprint density at radius 3 is 2.55 bits per heavy atom. The molecule has 5 rings (SSSR count). The Balaban J connectivity index is 1.63. The number of aliphatic hydroxyl groups excluding tert-OH is 1. The average Bonchev–Trinajstić information content (AvgIpc) is 3.29. The van der Waals surface area contributed by atoms with Gasteiger partial charge in [0.1, 0.15) is 23.3 Å². The molecular weight excluding hydrogens is 488 g/mol. The van der Waals surface area contributed by atoms with Gasteiger partial charge >= 0.3 is 5.97 Å². The standard InChI is InChI=1S/C29H36N2O7/c1-18(2)21(17-32)31-25-27(34)30(19-10-12-20(36-3)13-11-19)15-8-14-29(25)24(26(31)33)23-22(38-29)9-6-4-5-7-16-37-28(23)35/h6,8-14,18,21-25,32H,4-5,7,15-17H2,1-3H3/b9-6-/t21-,22-,23+,24-,25?,29-/m0/s1. The van der Waals surface area contributed by atoms with E-state index in [2.05, 4.69) is 0 Å². The van der Waals surface area contributed by atoms with E-state index in [1.165, 1.54) is 4.90 Å². The lowest BCUT2D eigenvalue weighted by molar-refractivity contribution is -0.155. The first-order valence-corrected chi connectivity index (χ1v) is 13.4. The van der Waals surface area contributed by atoms with Gasteiger partial charge in [-0.15, -0.1) is 0 Å². The van der Waals surface area contributed by atoms with Crippen molar-refractivity contribution >= 4 is 23.5 Å². The number of cyclic esters (lactones) is 1. The second-order valence-corrected chi connectivity index (χ2v) is 10.7. The second kappa shape index (κ2) is 10.5. The van der Waals surface area contributed by atoms with Crippen molar-refractivity contribution in [1.29, 1.82) is 0 Å². The lowest BCUT2D eigenvalue weighted by Gasteiger charge is -2.39. The Morgan fingerprint density at radius 1 is 1.11 bits per heavy atom. The molecule has 9 nitrogen and oxygen atoms in total. The Kier molecular flexibility index (Phi) is 7.33. The van der Waals surface area contributed by atoms with Crippen LogP contribution < -0.4 is 9.64 Å². The average molecular weight is 525 g/mol. The molecule has 0 radical (unpaired) electrons. The topological polar surface area (TPSA) is 106 Å². The zero-order chi connectivity index (χ0) is 27.0. The third kappa shape index (κ3) is 4.22. The molecule has 2 amide bonds. The summed E-state index contributed by atoms with van der Waals surface area (Å²) in [6.45, 7) is 4.03. The first-order valence-electron chi connectivity index (χ1n) is 13.4. The molecule has 2 fully saturated rings. The van der Waals surface area contributed by atoms with E-state index in [0.717, 1.165) is 19.3 Å². The van der Waals surface area contributed by atoms with Gasteiger partial charge in [-0.3, -0.25) is 14.4 Å². The fraction of sp³-hybridized carbons (Fsp3) is 0.552. The zero-order valence-corrected chi connectivity index (χ0v) is 22.1. The normalized spacial score (nSPS) is 32.8. The number of esters is 1. The third-order valence-electron chi connectivity index (χ3n) is 8.24. The molecule has 0 aromatic heterocycles. The number of ether oxygens (including phenoxy) is 3. The van der Waals surface area contributed by atoms with Gasteiger partial charge in [0.25, 0.3) is 5.91 Å². The molecular formula is C29H36N2O7. The van der Waals surface area contributed by atoms with Gasteiger partial charge in [-0.25, -0.2) is 0 Å². The molecule has 1 aromatic rings. The van der Waals surface area contributed by atoms with Crippen LogP contribution in [0.25, 0.3) is 0 Å². The van der Waals surface area contributed by atoms with Crippen LogP contribution >= 0.6 is 0 Å². The number of allylic oxidation sites excluding steroid dienone is 1. The summed E-state index contributed by atoms with van der Waals surface area (Å²) in [6, 6.07) is 5.46. The number of carbonyl (C=O) groups excluding carboxylic acids is 3. The summed E-state index contributed by atoms with van der Waals surface area (Å²) in [5, 5.41) is 10.4. The quantitative estimate of drug-likeness (QED) is 0.466. The van der Waals surface area contributed by atoms with Crippen molar-refractivity contribution in [2.24, 2.45) is 17.8 Å². The minimum atomic E-state index is -1.37. The number of likely N-dealkylation sites (tertiary alicyclic amines) is 1. The van der Waals surface area contributed by atoms with Gasteiger partial charge in [-0.2, -0.15) is 0 Å². The first kappa shape index (κ1) is 26.4. The van der Waals surface area contributed by atoms with Crippen molar-refractivity contribution in [3.05, 3.63) is 48.6 Å². The van der Waals surface area contributed by atoms with E-state index in [1.807, 2.05) is 32.1 Å². The molecule has 1 N–H and O–H groups in total. The SMILES string of the molecule is COc1ccc(N2CC=C[C@]34O[C@H]5/C=C\CCCCOC(=O)[C@H]5[C@H]3C(=O)N([C@@H](CO)C(C)C)C4C2=O)cc1. The number of aliphatic hydroxyl groups is 1. The van der Waals surface area contributed by atoms with E-state index >= 15 is 0 Å². The van der Waals surface area contributed by atoms with Gasteiger partial charge in [0.2, 0.25) is 5.91 Å². The number of hydrogen-bond donors (Lipinski definition) is 1. The van der Waals surface area contributed by atoms with E-state index in [1.54, 1.807) is 42.4 Å². The van der Waals surface area contributed by atoms with Crippen molar-refractivity contribution in [2.45, 2.75) is 56.9 Å². The van der Waals surface area contributed by atoms with E-state index in [9.17, 15) is 19.5 Å². The molecule has 204 valence electrons. The van der Waals surface area contributed by atoms with Crippen molar-refractivity contribution in [2.75, 3.05) is 31.8 Å². The molecule has 9 heteroatoms. The van der Waals surface area contributed by atoms with Gasteiger partial charge in [-0.05, 0) is 49.4 Å². The van der Waals surface area contributed by atoms with Gasteiger partial charge in [-0.1, -0.05) is 38.2 Å². The maximum atomic E-state index is 14.4. The molecule has 38 heavy (non-hydrogen) atoms. The van der Waals surface area contributed by atoms with Gasteiger partial charge < -0.3 is 29.1 Å². The maximum absolute atomic E-state index is 14.4. The van der Waals surface area contributed by atoms with Crippen LogP contribution in [0.1, 0.15) is 33.1 Å². The summed E-state index contributed by atoms with van der Waals surface area (Å²) in [5.74, 6) is -2.49. The molecule has 0 aliphatic carbocycles. The van der Waals surface area contributed by atoms with E-state index in [4.69, 9.17) is 14.2 Å². The van der Waals surface area contributed by atoms with Gasteiger partial charge in [0.15, 0.2) is 0 Å². The van der Waals surface area contributed by atoms with E-state index in [-0.39, 0.29) is 37.5 Å². The number of hydrogen-bond acceptors (Lipinski definition) is 7. The molecule has 0 bridgehead atoms. The lowest BCUT2D eigenvalue weighted by atomic mass is 9.78. The van der Waals surface area contributed by atoms with Crippen LogP contribution in [0.2, 0.25) is 0 Å². The molecule has 2 saturated heterocycles. The number of methoxy groups -OCH3 is 1. The summed E-state index contributed by atoms with van der Waals surface area (Å²) < 4.78 is 17.5. The molecule has 6 atom stereocenters. The van der Waals surface area contributed by atoms with E-state index < -0.39 is 41.6 Å². The van der Waals surface area contributed by atoms with Gasteiger partial charge in [0, 0.05) is 12.2 Å². The summed E-state index contributed by atoms with van der Waals surface area (Å²) in [4.78, 5) is 45.2. The summed E-state index contributed by atoms with van der Waals surface area (Å²) in [6.07, 6.45) is 9.19. The Bertz CT molecular complexity index is 1130. The highest BCUT2D eigenvalue weighted by Gasteiger charge is 2.72. The molecule has 1 unspecified atom stereocenters. The smallest absolute Gasteiger partial charge is 0.312 e. The summed E-state index contributed by atoms with van der Waals surface area (Å²) in [5.41, 5.74) is -0.723. The largest absolute Gasteiger partial charge is 0.497 e. The maximum Gasteiger partial charge on any atom is 0.312 e. The molecule has 4 aliphatic heterocycles. The molecule has 4 heterocycles. The fourth-order valence-corrected chi connectivity index (χ4v) is 6.33. The number of benzene rings is 1. The number of anilines is 1. The minimum absolute atomic E-state index is 0.138. The highest BCUT2D eigenvalue weighted by Crippen LogP contribution is 2.54. The van der Waals surface area contributed by atoms with Crippen molar-refractivity contribution < 1.29 is 33.7 Å². The highest BCUT2D eigenvalue weighted by atomic mass is 16.6. The Labute approximate surface area is 223 Å². The van der Waals surface area contributed by atoms with Gasteiger partial charge in [0.05, 0.1) is 38.4 Å². The van der Waals surface area contributed by atoms with Crippen molar-refractivity contribution in [3.63, 3.8) is 0 Å². The predicted molar refractivity (Wildman–Crippen MR) is 139 cm³/mol. The number of amides is 2. The summed E-state index contributed by atoms with van der Waals surface area (Å²) >= 11 is 0. The lowest BCUT2D eigenvalue weighted by Crippen LogP contribution is -2.59. The third-order valence-corrected chi connectivity index (χ3v) is 8.24. The van der Waals surface area contributed by atoms with Crippen LogP contribution in [0.5, 0.6) is 5.75 Å². The molecule has 1 aromatic carbocycles. The van der Waals surface area contributed by atoms with Crippen molar-refractivity contribution in [3.8, 4) is 5.75 Å². The Morgan fingerprint density at radius 2 is 1.87 bits per heavy atom. The van der Waals surface area contributed by atoms with Crippen molar-refractivity contribution in [1.82, 2.24) is 4.90 Å². The number of fused-ring (bicyclic) bond motifs is 2. The zero-order valence-electron chi connectivity index (χ0n) is 22.1. The predicted octanol–water partition coefficient (Wildman–Crippen LogP) is 2.48. The number of nitrogens with zero attached hydrogens (tertiary/aromatic N) is 2. The Hall–Kier alpha value is -3.17. The van der Waals surface area contributed by atoms with Crippen LogP contribution in [0.15, 0.2) is 48.6 Å². The fourth-order valence-electron chi connectivity index (χ4n) is 6.33. The second-order valence-electron chi connectivity index (χ2n) is 10.7. The molecule has 1 spiro atoms. The van der Waals surface area contributed by atoms with Crippen LogP contribution in [0.3, 0.4) is 0 Å². The molecule has 0 saturated carbocycles. The highest BCUT2D eigenvalue weighted by molar-refractivity contribution is 6.05. The van der Waals surface area contributed by atoms with E-state index in [0.29, 0.717) is 11.4 Å². The van der Waals surface area contributed by atoms with Crippen LogP contribution in [-0.2, 0) is 23.9 Å². The number of carbonyl (C=O) groups is 3. The van der Waals surface area contributed by atoms with Crippen LogP contribution in [0.4, 0.5) is 5.69 Å². The summed E-state index contributed by atoms with van der Waals surface area (Å²) in [7, 11) is 1.58. The first-order chi connectivity index (χ1) is 18.3.